The predicted molar refractivity (Wildman–Crippen MR) is 116 cm³/mol. The van der Waals surface area contributed by atoms with Crippen molar-refractivity contribution in [1.29, 1.82) is 10.5 Å². The Balaban J connectivity index is 2.09. The second kappa shape index (κ2) is 8.91. The third-order valence-corrected chi connectivity index (χ3v) is 5.10. The highest BCUT2D eigenvalue weighted by Crippen LogP contribution is 2.33. The standard InChI is InChI=1S/C21H14BrClN4O3/c1-29-17-4-2-11(19-14(8-24)20(26)27-21(28)15(19)9-25)6-12(17)10-30-18-5-3-13(22)7-16(18)23/h2-7H,10H2,1H3,(H3,26,27,28). The van der Waals surface area contributed by atoms with Gasteiger partial charge in [-0.3, -0.25) is 4.79 Å². The molecule has 0 aliphatic rings. The van der Waals surface area contributed by atoms with E-state index in [1.54, 1.807) is 36.4 Å². The molecule has 0 amide bonds. The van der Waals surface area contributed by atoms with Gasteiger partial charge in [0.05, 0.1) is 12.1 Å². The van der Waals surface area contributed by atoms with Crippen molar-refractivity contribution in [2.45, 2.75) is 6.61 Å². The Morgan fingerprint density at radius 3 is 2.47 bits per heavy atom. The van der Waals surface area contributed by atoms with Gasteiger partial charge in [-0.1, -0.05) is 33.6 Å². The van der Waals surface area contributed by atoms with Crippen LogP contribution in [0.1, 0.15) is 16.7 Å². The van der Waals surface area contributed by atoms with Crippen LogP contribution in [0.25, 0.3) is 11.1 Å². The summed E-state index contributed by atoms with van der Waals surface area (Å²) >= 11 is 9.54. The number of nitrogens with two attached hydrogens (primary N) is 1. The Morgan fingerprint density at radius 1 is 1.13 bits per heavy atom. The van der Waals surface area contributed by atoms with E-state index in [-0.39, 0.29) is 29.1 Å². The topological polar surface area (TPSA) is 125 Å². The van der Waals surface area contributed by atoms with Crippen LogP contribution in [0.4, 0.5) is 5.82 Å². The maximum absolute atomic E-state index is 12.2. The number of hydrogen-bond donors (Lipinski definition) is 2. The molecule has 0 spiro atoms. The van der Waals surface area contributed by atoms with Gasteiger partial charge < -0.3 is 20.2 Å². The lowest BCUT2D eigenvalue weighted by atomic mass is 9.95. The van der Waals surface area contributed by atoms with Gasteiger partial charge in [-0.15, -0.1) is 0 Å². The Labute approximate surface area is 185 Å². The molecule has 3 rings (SSSR count). The molecule has 150 valence electrons. The van der Waals surface area contributed by atoms with Crippen LogP contribution in [0.3, 0.4) is 0 Å². The maximum atomic E-state index is 12.2. The van der Waals surface area contributed by atoms with Crippen LogP contribution < -0.4 is 20.8 Å². The molecule has 0 unspecified atom stereocenters. The van der Waals surface area contributed by atoms with Crippen molar-refractivity contribution in [2.24, 2.45) is 0 Å². The average molecular weight is 486 g/mol. The number of nitrogen functional groups attached to an aromatic ring is 1. The van der Waals surface area contributed by atoms with E-state index in [0.29, 0.717) is 27.6 Å². The normalized spacial score (nSPS) is 10.2. The van der Waals surface area contributed by atoms with E-state index in [1.165, 1.54) is 7.11 Å². The Hall–Kier alpha value is -3.46. The number of nitriles is 2. The minimum atomic E-state index is -0.667. The van der Waals surface area contributed by atoms with Crippen LogP contribution in [0.5, 0.6) is 11.5 Å². The van der Waals surface area contributed by atoms with Gasteiger partial charge in [0.2, 0.25) is 0 Å². The number of halogens is 2. The minimum absolute atomic E-state index is 0.0131. The summed E-state index contributed by atoms with van der Waals surface area (Å²) in [7, 11) is 1.51. The number of aromatic amines is 1. The van der Waals surface area contributed by atoms with Gasteiger partial charge in [0.1, 0.15) is 47.2 Å². The Morgan fingerprint density at radius 2 is 1.83 bits per heavy atom. The summed E-state index contributed by atoms with van der Waals surface area (Å²) in [5, 5.41) is 19.4. The third-order valence-electron chi connectivity index (χ3n) is 4.31. The lowest BCUT2D eigenvalue weighted by Crippen LogP contribution is -2.16. The molecule has 9 heteroatoms. The molecular weight excluding hydrogens is 472 g/mol. The average Bonchev–Trinajstić information content (AvgIpc) is 2.72. The van der Waals surface area contributed by atoms with Gasteiger partial charge in [0.25, 0.3) is 5.56 Å². The summed E-state index contributed by atoms with van der Waals surface area (Å²) < 4.78 is 12.0. The SMILES string of the molecule is COc1ccc(-c2c(C#N)c(N)[nH]c(=O)c2C#N)cc1COc1ccc(Br)cc1Cl. The van der Waals surface area contributed by atoms with Crippen molar-refractivity contribution in [3.05, 3.63) is 72.9 Å². The number of aromatic nitrogens is 1. The quantitative estimate of drug-likeness (QED) is 0.553. The fourth-order valence-corrected chi connectivity index (χ4v) is 3.65. The fourth-order valence-electron chi connectivity index (χ4n) is 2.93. The summed E-state index contributed by atoms with van der Waals surface area (Å²) in [5.74, 6) is 0.900. The lowest BCUT2D eigenvalue weighted by Gasteiger charge is -2.14. The van der Waals surface area contributed by atoms with Gasteiger partial charge in [0.15, 0.2) is 0 Å². The zero-order chi connectivity index (χ0) is 21.8. The molecule has 1 aromatic heterocycles. The summed E-state index contributed by atoms with van der Waals surface area (Å²) in [6.45, 7) is 0.0980. The molecular formula is C21H14BrClN4O3. The van der Waals surface area contributed by atoms with E-state index in [0.717, 1.165) is 4.47 Å². The largest absolute Gasteiger partial charge is 0.496 e. The van der Waals surface area contributed by atoms with Gasteiger partial charge >= 0.3 is 0 Å². The summed E-state index contributed by atoms with van der Waals surface area (Å²) in [5.41, 5.74) is 6.19. The molecule has 0 saturated heterocycles. The number of rotatable bonds is 5. The third kappa shape index (κ3) is 4.11. The van der Waals surface area contributed by atoms with Crippen molar-refractivity contribution in [3.63, 3.8) is 0 Å². The smallest absolute Gasteiger partial charge is 0.268 e. The number of methoxy groups -OCH3 is 1. The number of nitrogens with one attached hydrogen (secondary N) is 1. The predicted octanol–water partition coefficient (Wildman–Crippen LogP) is 4.37. The monoisotopic (exact) mass is 484 g/mol. The second-order valence-electron chi connectivity index (χ2n) is 6.11. The van der Waals surface area contributed by atoms with Gasteiger partial charge in [-0.2, -0.15) is 10.5 Å². The van der Waals surface area contributed by atoms with Crippen LogP contribution in [0.2, 0.25) is 5.02 Å². The minimum Gasteiger partial charge on any atom is -0.496 e. The summed E-state index contributed by atoms with van der Waals surface area (Å²) in [6, 6.07) is 14.0. The van der Waals surface area contributed by atoms with E-state index in [9.17, 15) is 15.3 Å². The molecule has 30 heavy (non-hydrogen) atoms. The van der Waals surface area contributed by atoms with Crippen LogP contribution >= 0.6 is 27.5 Å². The molecule has 0 bridgehead atoms. The molecule has 0 aliphatic carbocycles. The van der Waals surface area contributed by atoms with Gasteiger partial charge in [-0.25, -0.2) is 0 Å². The summed E-state index contributed by atoms with van der Waals surface area (Å²) in [4.78, 5) is 14.5. The molecule has 3 N–H and O–H groups in total. The van der Waals surface area contributed by atoms with E-state index in [1.807, 2.05) is 12.1 Å². The molecule has 7 nitrogen and oxygen atoms in total. The van der Waals surface area contributed by atoms with Crippen LogP contribution in [-0.4, -0.2) is 12.1 Å². The second-order valence-corrected chi connectivity index (χ2v) is 7.43. The number of pyridine rings is 1. The van der Waals surface area contributed by atoms with Crippen molar-refractivity contribution < 1.29 is 9.47 Å². The number of H-pyrrole nitrogens is 1. The number of benzene rings is 2. The lowest BCUT2D eigenvalue weighted by molar-refractivity contribution is 0.297. The first-order valence-electron chi connectivity index (χ1n) is 8.50. The van der Waals surface area contributed by atoms with E-state index in [4.69, 9.17) is 26.8 Å². The van der Waals surface area contributed by atoms with Crippen LogP contribution in [-0.2, 0) is 6.61 Å². The highest BCUT2D eigenvalue weighted by Gasteiger charge is 2.19. The fraction of sp³-hybridized carbons (Fsp3) is 0.0952. The van der Waals surface area contributed by atoms with Gasteiger partial charge in [-0.05, 0) is 35.9 Å². The zero-order valence-electron chi connectivity index (χ0n) is 15.6. The number of anilines is 1. The first-order valence-corrected chi connectivity index (χ1v) is 9.67. The van der Waals surface area contributed by atoms with Crippen LogP contribution in [0.15, 0.2) is 45.7 Å². The highest BCUT2D eigenvalue weighted by atomic mass is 79.9. The van der Waals surface area contributed by atoms with Crippen molar-refractivity contribution >= 4 is 33.3 Å². The maximum Gasteiger partial charge on any atom is 0.268 e. The number of ether oxygens (including phenoxy) is 2. The highest BCUT2D eigenvalue weighted by molar-refractivity contribution is 9.10. The number of nitrogens with zero attached hydrogens (tertiary/aromatic N) is 2. The zero-order valence-corrected chi connectivity index (χ0v) is 18.0. The molecule has 3 aromatic rings. The molecule has 2 aromatic carbocycles. The van der Waals surface area contributed by atoms with E-state index in [2.05, 4.69) is 20.9 Å². The Bertz CT molecular complexity index is 1270. The van der Waals surface area contributed by atoms with E-state index >= 15 is 0 Å². The van der Waals surface area contributed by atoms with Crippen molar-refractivity contribution in [2.75, 3.05) is 12.8 Å². The number of hydrogen-bond acceptors (Lipinski definition) is 6. The summed E-state index contributed by atoms with van der Waals surface area (Å²) in [6.07, 6.45) is 0. The molecule has 0 fully saturated rings. The van der Waals surface area contributed by atoms with Gasteiger partial charge in [0, 0.05) is 15.6 Å². The molecule has 1 heterocycles. The van der Waals surface area contributed by atoms with Crippen molar-refractivity contribution in [1.82, 2.24) is 4.98 Å². The van der Waals surface area contributed by atoms with E-state index < -0.39 is 5.56 Å². The first-order chi connectivity index (χ1) is 14.4. The molecule has 0 aliphatic heterocycles. The Kier molecular flexibility index (Phi) is 6.31. The molecule has 0 saturated carbocycles. The van der Waals surface area contributed by atoms with Crippen LogP contribution in [0, 0.1) is 22.7 Å². The van der Waals surface area contributed by atoms with Crippen molar-refractivity contribution in [3.8, 4) is 34.8 Å². The first kappa shape index (κ1) is 21.3. The molecule has 0 atom stereocenters. The molecule has 0 radical (unpaired) electrons.